The summed E-state index contributed by atoms with van der Waals surface area (Å²) in [6.45, 7) is 0.516. The third-order valence-electron chi connectivity index (χ3n) is 4.79. The first-order chi connectivity index (χ1) is 14.4. The lowest BCUT2D eigenvalue weighted by Gasteiger charge is -2.08. The fraction of sp³-hybridized carbons (Fsp3) is 0.273. The summed E-state index contributed by atoms with van der Waals surface area (Å²) < 4.78 is 1.99. The fourth-order valence-electron chi connectivity index (χ4n) is 3.26. The van der Waals surface area contributed by atoms with E-state index < -0.39 is 5.91 Å². The predicted octanol–water partition coefficient (Wildman–Crippen LogP) is 3.29. The highest BCUT2D eigenvalue weighted by Crippen LogP contribution is 2.12. The molecule has 1 aromatic heterocycles. The second-order valence-corrected chi connectivity index (χ2v) is 7.52. The van der Waals surface area contributed by atoms with Crippen LogP contribution in [0, 0.1) is 4.77 Å². The Hall–Kier alpha value is -3.26. The maximum absolute atomic E-state index is 12.6. The van der Waals surface area contributed by atoms with E-state index in [-0.39, 0.29) is 17.9 Å². The second-order valence-electron chi connectivity index (χ2n) is 7.13. The maximum Gasteiger partial charge on any atom is 0.262 e. The molecule has 7 nitrogen and oxygen atoms in total. The smallest absolute Gasteiger partial charge is 0.262 e. The summed E-state index contributed by atoms with van der Waals surface area (Å²) in [4.78, 5) is 38.7. The molecule has 0 atom stereocenters. The number of anilines is 1. The predicted molar refractivity (Wildman–Crippen MR) is 120 cm³/mol. The molecular weight excluding hydrogens is 400 g/mol. The van der Waals surface area contributed by atoms with Crippen molar-refractivity contribution in [1.29, 1.82) is 0 Å². The normalized spacial score (nSPS) is 10.8. The minimum Gasteiger partial charge on any atom is -0.369 e. The van der Waals surface area contributed by atoms with Gasteiger partial charge in [-0.05, 0) is 54.9 Å². The van der Waals surface area contributed by atoms with Crippen molar-refractivity contribution >= 4 is 40.6 Å². The number of nitrogens with zero attached hydrogens (tertiary/aromatic N) is 1. The van der Waals surface area contributed by atoms with Crippen molar-refractivity contribution in [2.75, 3.05) is 5.32 Å². The van der Waals surface area contributed by atoms with Crippen molar-refractivity contribution in [2.45, 2.75) is 38.6 Å². The molecule has 30 heavy (non-hydrogen) atoms. The number of amides is 2. The number of benzene rings is 2. The second kappa shape index (κ2) is 9.98. The molecule has 2 amide bonds. The molecule has 156 valence electrons. The Labute approximate surface area is 178 Å². The van der Waals surface area contributed by atoms with E-state index in [9.17, 15) is 14.4 Å². The Balaban J connectivity index is 1.45. The molecule has 4 N–H and O–H groups in total. The van der Waals surface area contributed by atoms with Gasteiger partial charge in [0.1, 0.15) is 0 Å². The Morgan fingerprint density at radius 2 is 1.77 bits per heavy atom. The highest BCUT2D eigenvalue weighted by Gasteiger charge is 2.06. The van der Waals surface area contributed by atoms with Gasteiger partial charge in [-0.15, -0.1) is 0 Å². The van der Waals surface area contributed by atoms with Gasteiger partial charge < -0.3 is 16.0 Å². The molecule has 0 spiro atoms. The zero-order valence-electron chi connectivity index (χ0n) is 16.5. The molecule has 0 aliphatic heterocycles. The number of primary amides is 1. The Morgan fingerprint density at radius 1 is 1.03 bits per heavy atom. The monoisotopic (exact) mass is 424 g/mol. The van der Waals surface area contributed by atoms with Crippen LogP contribution in [-0.4, -0.2) is 21.4 Å². The molecule has 0 fully saturated rings. The SMILES string of the molecule is NC(=O)Cc1ccc(NC(=O)CCCCCn2c(=S)[nH]c3ccccc3c2=O)cc1. The number of rotatable bonds is 9. The number of nitrogens with two attached hydrogens (primary N) is 1. The molecule has 8 heteroatoms. The average Bonchev–Trinajstić information content (AvgIpc) is 2.71. The van der Waals surface area contributed by atoms with Crippen LogP contribution in [-0.2, 0) is 22.6 Å². The third kappa shape index (κ3) is 5.64. The van der Waals surface area contributed by atoms with Crippen molar-refractivity contribution in [3.8, 4) is 0 Å². The Bertz CT molecular complexity index is 1170. The van der Waals surface area contributed by atoms with Gasteiger partial charge in [-0.1, -0.05) is 30.7 Å². The maximum atomic E-state index is 12.6. The quantitative estimate of drug-likeness (QED) is 0.362. The van der Waals surface area contributed by atoms with Crippen LogP contribution in [0.5, 0.6) is 0 Å². The summed E-state index contributed by atoms with van der Waals surface area (Å²) in [7, 11) is 0. The minimum absolute atomic E-state index is 0.0715. The number of carbonyl (C=O) groups is 2. The van der Waals surface area contributed by atoms with Crippen LogP contribution in [0.25, 0.3) is 10.9 Å². The number of fused-ring (bicyclic) bond motifs is 1. The van der Waals surface area contributed by atoms with Crippen molar-refractivity contribution in [1.82, 2.24) is 9.55 Å². The highest BCUT2D eigenvalue weighted by molar-refractivity contribution is 7.71. The number of aromatic amines is 1. The molecule has 0 aliphatic rings. The molecule has 3 aromatic rings. The van der Waals surface area contributed by atoms with Gasteiger partial charge in [0.2, 0.25) is 11.8 Å². The van der Waals surface area contributed by atoms with Crippen LogP contribution in [0.15, 0.2) is 53.3 Å². The van der Waals surface area contributed by atoms with E-state index in [1.165, 1.54) is 0 Å². The van der Waals surface area contributed by atoms with Crippen molar-refractivity contribution in [3.05, 3.63) is 69.2 Å². The summed E-state index contributed by atoms with van der Waals surface area (Å²) in [5, 5.41) is 3.46. The van der Waals surface area contributed by atoms with E-state index in [2.05, 4.69) is 10.3 Å². The number of hydrogen-bond donors (Lipinski definition) is 3. The number of nitrogens with one attached hydrogen (secondary N) is 2. The van der Waals surface area contributed by atoms with Crippen LogP contribution >= 0.6 is 12.2 Å². The number of hydrogen-bond acceptors (Lipinski definition) is 4. The summed E-state index contributed by atoms with van der Waals surface area (Å²) in [6.07, 6.45) is 2.84. The first-order valence-electron chi connectivity index (χ1n) is 9.83. The lowest BCUT2D eigenvalue weighted by molar-refractivity contribution is -0.117. The Kier molecular flexibility index (Phi) is 7.13. The van der Waals surface area contributed by atoms with Crippen molar-refractivity contribution in [3.63, 3.8) is 0 Å². The third-order valence-corrected chi connectivity index (χ3v) is 5.11. The molecule has 3 rings (SSSR count). The van der Waals surface area contributed by atoms with Gasteiger partial charge in [0.05, 0.1) is 17.3 Å². The molecule has 0 saturated heterocycles. The van der Waals surface area contributed by atoms with E-state index in [1.54, 1.807) is 34.9 Å². The zero-order valence-corrected chi connectivity index (χ0v) is 17.3. The first kappa shape index (κ1) is 21.4. The molecule has 1 heterocycles. The number of unbranched alkanes of at least 4 members (excludes halogenated alkanes) is 2. The molecule has 0 bridgehead atoms. The van der Waals surface area contributed by atoms with Gasteiger partial charge >= 0.3 is 0 Å². The average molecular weight is 425 g/mol. The van der Waals surface area contributed by atoms with Gasteiger partial charge in [-0.2, -0.15) is 0 Å². The van der Waals surface area contributed by atoms with E-state index in [4.69, 9.17) is 18.0 Å². The topological polar surface area (TPSA) is 110 Å². The zero-order chi connectivity index (χ0) is 21.5. The minimum atomic E-state index is -0.390. The number of carbonyl (C=O) groups excluding carboxylic acids is 2. The molecule has 0 aliphatic carbocycles. The molecule has 2 aromatic carbocycles. The van der Waals surface area contributed by atoms with E-state index in [0.717, 1.165) is 23.9 Å². The van der Waals surface area contributed by atoms with E-state index in [1.807, 2.05) is 18.2 Å². The largest absolute Gasteiger partial charge is 0.369 e. The number of H-pyrrole nitrogens is 1. The highest BCUT2D eigenvalue weighted by atomic mass is 32.1. The van der Waals surface area contributed by atoms with E-state index in [0.29, 0.717) is 35.2 Å². The number of aromatic nitrogens is 2. The first-order valence-corrected chi connectivity index (χ1v) is 10.2. The summed E-state index contributed by atoms with van der Waals surface area (Å²) in [6, 6.07) is 14.3. The standard InChI is InChI=1S/C22H24N4O3S/c23-19(27)14-15-9-11-16(12-10-15)24-20(28)8-2-1-5-13-26-21(29)17-6-3-4-7-18(17)25-22(26)30/h3-4,6-7,9-12H,1-2,5,8,13-14H2,(H2,23,27)(H,24,28)(H,25,30). The van der Waals surface area contributed by atoms with Crippen LogP contribution in [0.1, 0.15) is 31.2 Å². The summed E-state index contributed by atoms with van der Waals surface area (Å²) >= 11 is 5.31. The molecule has 0 radical (unpaired) electrons. The van der Waals surface area contributed by atoms with Gasteiger partial charge in [0.15, 0.2) is 4.77 Å². The van der Waals surface area contributed by atoms with Gasteiger partial charge in [0, 0.05) is 18.7 Å². The summed E-state index contributed by atoms with van der Waals surface area (Å²) in [5.74, 6) is -0.461. The van der Waals surface area contributed by atoms with Crippen LogP contribution < -0.4 is 16.6 Å². The lowest BCUT2D eigenvalue weighted by Crippen LogP contribution is -2.22. The molecule has 0 saturated carbocycles. The lowest BCUT2D eigenvalue weighted by atomic mass is 10.1. The Morgan fingerprint density at radius 3 is 2.50 bits per heavy atom. The van der Waals surface area contributed by atoms with Crippen molar-refractivity contribution in [2.24, 2.45) is 5.73 Å². The summed E-state index contributed by atoms with van der Waals surface area (Å²) in [5.41, 5.74) is 7.30. The van der Waals surface area contributed by atoms with Crippen molar-refractivity contribution < 1.29 is 9.59 Å². The fourth-order valence-corrected chi connectivity index (χ4v) is 3.55. The van der Waals surface area contributed by atoms with Crippen LogP contribution in [0.3, 0.4) is 0 Å². The van der Waals surface area contributed by atoms with Gasteiger partial charge in [-0.3, -0.25) is 19.0 Å². The number of para-hydroxylation sites is 1. The van der Waals surface area contributed by atoms with Gasteiger partial charge in [0.25, 0.3) is 5.56 Å². The molecular formula is C22H24N4O3S. The molecule has 0 unspecified atom stereocenters. The van der Waals surface area contributed by atoms with Crippen LogP contribution in [0.4, 0.5) is 5.69 Å². The van der Waals surface area contributed by atoms with E-state index >= 15 is 0 Å². The van der Waals surface area contributed by atoms with Crippen LogP contribution in [0.2, 0.25) is 0 Å². The van der Waals surface area contributed by atoms with Gasteiger partial charge in [-0.25, -0.2) is 0 Å².